The Labute approximate surface area is 346 Å². The number of likely N-dealkylation sites (tertiary alicyclic amines) is 1. The lowest BCUT2D eigenvalue weighted by atomic mass is 9.85. The van der Waals surface area contributed by atoms with Crippen molar-refractivity contribution in [2.75, 3.05) is 18.4 Å². The van der Waals surface area contributed by atoms with Gasteiger partial charge in [-0.3, -0.25) is 18.8 Å². The summed E-state index contributed by atoms with van der Waals surface area (Å²) in [5.74, 6) is 0.424. The van der Waals surface area contributed by atoms with Crippen LogP contribution in [0.2, 0.25) is 0 Å². The normalized spacial score (nSPS) is 16.0. The van der Waals surface area contributed by atoms with Crippen molar-refractivity contribution in [2.24, 2.45) is 5.41 Å². The molecule has 5 heterocycles. The summed E-state index contributed by atoms with van der Waals surface area (Å²) in [4.78, 5) is 52.1. The van der Waals surface area contributed by atoms with Gasteiger partial charge in [0.05, 0.1) is 35.0 Å². The van der Waals surface area contributed by atoms with E-state index in [9.17, 15) is 19.5 Å². The van der Waals surface area contributed by atoms with Gasteiger partial charge in [0, 0.05) is 44.2 Å². The smallest absolute Gasteiger partial charge is 0.246 e. The zero-order valence-electron chi connectivity index (χ0n) is 33.6. The highest BCUT2D eigenvalue weighted by atomic mass is 32.1. The van der Waals surface area contributed by atoms with Crippen molar-refractivity contribution in [2.45, 2.75) is 84.8 Å². The van der Waals surface area contributed by atoms with E-state index in [1.165, 1.54) is 4.90 Å². The average molecular weight is 819 g/mol. The van der Waals surface area contributed by atoms with Gasteiger partial charge in [-0.15, -0.1) is 21.5 Å². The number of nitrogens with one attached hydrogen (secondary N) is 4. The number of β-amino-alcohol motifs (C(OH)–C–C–N with tert-alkyl or cyclic N) is 1. The van der Waals surface area contributed by atoms with Crippen LogP contribution in [0.25, 0.3) is 27.2 Å². The molecule has 5 N–H and O–H groups in total. The molecule has 0 spiro atoms. The molecule has 7 rings (SSSR count). The largest absolute Gasteiger partial charge is 0.467 e. The molecule has 0 bridgehead atoms. The molecular weight excluding hydrogens is 769 g/mol. The van der Waals surface area contributed by atoms with E-state index in [2.05, 4.69) is 41.4 Å². The van der Waals surface area contributed by atoms with Gasteiger partial charge in [0.1, 0.15) is 24.2 Å². The molecule has 2 aromatic carbocycles. The van der Waals surface area contributed by atoms with Crippen molar-refractivity contribution in [3.63, 3.8) is 0 Å². The molecule has 0 aliphatic carbocycles. The number of furan rings is 1. The maximum atomic E-state index is 14.0. The van der Waals surface area contributed by atoms with E-state index < -0.39 is 23.6 Å². The lowest BCUT2D eigenvalue weighted by molar-refractivity contribution is -0.144. The fraction of sp³-hybridized carbons (Fsp3) is 0.372. The molecule has 3 atom stereocenters. The maximum Gasteiger partial charge on any atom is 0.246 e. The summed E-state index contributed by atoms with van der Waals surface area (Å²) in [7, 11) is 0. The quantitative estimate of drug-likeness (QED) is 0.0816. The molecule has 1 aliphatic rings. The molecule has 0 saturated carbocycles. The first-order chi connectivity index (χ1) is 28.4. The number of aryl methyl sites for hydroxylation is 1. The number of aliphatic hydroxyl groups excluding tert-OH is 1. The van der Waals surface area contributed by atoms with Gasteiger partial charge in [-0.25, -0.2) is 9.97 Å². The second kappa shape index (κ2) is 18.3. The number of benzene rings is 2. The maximum absolute atomic E-state index is 14.0. The minimum Gasteiger partial charge on any atom is -0.467 e. The van der Waals surface area contributed by atoms with Gasteiger partial charge in [0.15, 0.2) is 5.65 Å². The van der Waals surface area contributed by atoms with E-state index in [-0.39, 0.29) is 43.7 Å². The molecule has 1 saturated heterocycles. The Kier molecular flexibility index (Phi) is 12.8. The van der Waals surface area contributed by atoms with Gasteiger partial charge in [-0.1, -0.05) is 69.3 Å². The molecule has 15 nitrogen and oxygen atoms in total. The first-order valence-corrected chi connectivity index (χ1v) is 20.6. The number of hydrogen-bond acceptors (Lipinski definition) is 12. The average Bonchev–Trinajstić information content (AvgIpc) is 4.07. The van der Waals surface area contributed by atoms with Gasteiger partial charge < -0.3 is 35.7 Å². The van der Waals surface area contributed by atoms with Gasteiger partial charge in [0.2, 0.25) is 23.7 Å². The first-order valence-electron chi connectivity index (χ1n) is 19.7. The minimum atomic E-state index is -0.881. The SMILES string of the molecule is Cc1ncsc1-c1ccc(CNC(=O)[C@@H]2C[C@@H](O)CN2C(=O)[C@@H](NC(=O)CCCNCc2ccc(-c3cnc(NCc4ccco4)n4cnnc34)cc2)C(C)(C)C)cc1. The van der Waals surface area contributed by atoms with Gasteiger partial charge in [-0.2, -0.15) is 0 Å². The molecule has 0 radical (unpaired) electrons. The highest BCUT2D eigenvalue weighted by Gasteiger charge is 2.44. The Balaban J connectivity index is 0.869. The van der Waals surface area contributed by atoms with Crippen molar-refractivity contribution in [3.05, 3.63) is 108 Å². The third-order valence-corrected chi connectivity index (χ3v) is 11.4. The Morgan fingerprint density at radius 2 is 1.73 bits per heavy atom. The standard InChI is InChI=1S/C43H50N10O5S/c1-27-37(59-26-48-27)31-15-11-29(12-16-31)21-45-40(56)35-19-32(54)24-52(35)41(57)38(43(2,3)4)50-36(55)8-5-17-44-20-28-9-13-30(14-10-28)34-23-47-42(53-25-49-51-39(34)53)46-22-33-7-6-18-58-33/h6-7,9-16,18,23,25-26,32,35,38,44,54H,5,8,17,19-22,24H2,1-4H3,(H,45,56)(H,46,47)(H,50,55)/t32-,35+,38-/m1/s1. The van der Waals surface area contributed by atoms with E-state index in [1.807, 2.05) is 98.3 Å². The summed E-state index contributed by atoms with van der Waals surface area (Å²) in [5, 5.41) is 31.5. The van der Waals surface area contributed by atoms with Gasteiger partial charge in [0.25, 0.3) is 0 Å². The predicted octanol–water partition coefficient (Wildman–Crippen LogP) is 5.11. The molecule has 16 heteroatoms. The molecule has 1 aliphatic heterocycles. The molecule has 3 amide bonds. The number of nitrogens with zero attached hydrogens (tertiary/aromatic N) is 6. The number of thiazole rings is 1. The second-order valence-corrected chi connectivity index (χ2v) is 16.7. The van der Waals surface area contributed by atoms with Crippen LogP contribution in [-0.2, 0) is 34.0 Å². The summed E-state index contributed by atoms with van der Waals surface area (Å²) in [6, 6.07) is 18.0. The number of fused-ring (bicyclic) bond motifs is 1. The van der Waals surface area contributed by atoms with Crippen molar-refractivity contribution in [3.8, 4) is 21.6 Å². The summed E-state index contributed by atoms with van der Waals surface area (Å²) in [5.41, 5.74) is 7.69. The Hall–Kier alpha value is -5.97. The van der Waals surface area contributed by atoms with Crippen LogP contribution in [0, 0.1) is 12.3 Å². The topological polar surface area (TPSA) is 192 Å². The minimum absolute atomic E-state index is 0.0197. The van der Waals surface area contributed by atoms with Crippen LogP contribution >= 0.6 is 11.3 Å². The van der Waals surface area contributed by atoms with Gasteiger partial charge >= 0.3 is 0 Å². The predicted molar refractivity (Wildman–Crippen MR) is 225 cm³/mol. The summed E-state index contributed by atoms with van der Waals surface area (Å²) >= 11 is 1.58. The number of carbonyl (C=O) groups excluding carboxylic acids is 3. The monoisotopic (exact) mass is 818 g/mol. The van der Waals surface area contributed by atoms with Crippen molar-refractivity contribution >= 4 is 40.7 Å². The van der Waals surface area contributed by atoms with Crippen molar-refractivity contribution < 1.29 is 23.9 Å². The van der Waals surface area contributed by atoms with E-state index in [0.717, 1.165) is 44.1 Å². The van der Waals surface area contributed by atoms with Crippen LogP contribution in [0.5, 0.6) is 0 Å². The van der Waals surface area contributed by atoms with Crippen LogP contribution in [0.1, 0.15) is 62.6 Å². The molecule has 0 unspecified atom stereocenters. The Morgan fingerprint density at radius 1 is 0.983 bits per heavy atom. The number of hydrogen-bond donors (Lipinski definition) is 5. The first kappa shape index (κ1) is 41.2. The highest BCUT2D eigenvalue weighted by molar-refractivity contribution is 7.13. The van der Waals surface area contributed by atoms with Gasteiger partial charge in [-0.05, 0) is 59.7 Å². The summed E-state index contributed by atoms with van der Waals surface area (Å²) in [6.45, 7) is 9.59. The Morgan fingerprint density at radius 3 is 2.42 bits per heavy atom. The fourth-order valence-corrected chi connectivity index (χ4v) is 7.97. The van der Waals surface area contributed by atoms with Crippen LogP contribution < -0.4 is 21.3 Å². The lowest BCUT2D eigenvalue weighted by Crippen LogP contribution is -2.57. The van der Waals surface area contributed by atoms with Crippen LogP contribution in [-0.4, -0.2) is 83.6 Å². The zero-order valence-corrected chi connectivity index (χ0v) is 34.5. The van der Waals surface area contributed by atoms with Crippen LogP contribution in [0.4, 0.5) is 5.95 Å². The molecule has 308 valence electrons. The Bertz CT molecular complexity index is 2350. The van der Waals surface area contributed by atoms with Crippen molar-refractivity contribution in [1.29, 1.82) is 0 Å². The highest BCUT2D eigenvalue weighted by Crippen LogP contribution is 2.29. The fourth-order valence-electron chi connectivity index (χ4n) is 7.16. The van der Waals surface area contributed by atoms with E-state index in [4.69, 9.17) is 4.42 Å². The van der Waals surface area contributed by atoms with Crippen LogP contribution in [0.15, 0.2) is 89.4 Å². The van der Waals surface area contributed by atoms with E-state index >= 15 is 0 Å². The molecular formula is C43H50N10O5S. The molecule has 6 aromatic rings. The lowest BCUT2D eigenvalue weighted by Gasteiger charge is -2.35. The number of amides is 3. The summed E-state index contributed by atoms with van der Waals surface area (Å²) < 4.78 is 7.22. The van der Waals surface area contributed by atoms with Crippen molar-refractivity contribution in [1.82, 2.24) is 45.4 Å². The number of aromatic nitrogens is 5. The van der Waals surface area contributed by atoms with E-state index in [1.54, 1.807) is 30.1 Å². The number of aliphatic hydroxyl groups is 1. The molecule has 4 aromatic heterocycles. The summed E-state index contributed by atoms with van der Waals surface area (Å²) in [6.07, 6.45) is 5.09. The second-order valence-electron chi connectivity index (χ2n) is 15.9. The number of carbonyl (C=O) groups is 3. The third kappa shape index (κ3) is 10.0. The van der Waals surface area contributed by atoms with E-state index in [0.29, 0.717) is 37.7 Å². The molecule has 59 heavy (non-hydrogen) atoms. The zero-order chi connectivity index (χ0) is 41.5. The third-order valence-electron chi connectivity index (χ3n) is 10.4. The van der Waals surface area contributed by atoms with Crippen LogP contribution in [0.3, 0.4) is 0 Å². The number of rotatable bonds is 16. The number of anilines is 1. The molecule has 1 fully saturated rings.